The van der Waals surface area contributed by atoms with Gasteiger partial charge in [0.1, 0.15) is 0 Å². The smallest absolute Gasteiger partial charge is 0.267 e. The minimum Gasteiger partial charge on any atom is -0.267 e. The fourth-order valence-electron chi connectivity index (χ4n) is 4.10. The average molecular weight is 427 g/mol. The number of hydrogen-bond acceptors (Lipinski definition) is 4. The Morgan fingerprint density at radius 1 is 0.567 bits per heavy atom. The molecule has 6 aromatic rings. The van der Waals surface area contributed by atoms with Crippen LogP contribution in [0.4, 0.5) is 0 Å². The molecule has 30 heavy (non-hydrogen) atoms. The number of thiophene rings is 2. The number of nitrogens with zero attached hydrogens (tertiary/aromatic N) is 2. The molecule has 0 radical (unpaired) electrons. The predicted octanol–water partition coefficient (Wildman–Crippen LogP) is 5.52. The maximum absolute atomic E-state index is 13.7. The maximum Gasteiger partial charge on any atom is 0.278 e. The molecule has 4 nitrogen and oxygen atoms in total. The molecule has 0 aliphatic carbocycles. The van der Waals surface area contributed by atoms with Gasteiger partial charge in [0, 0.05) is 15.8 Å². The third-order valence-corrected chi connectivity index (χ3v) is 7.11. The normalized spacial score (nSPS) is 11.6. The van der Waals surface area contributed by atoms with Crippen LogP contribution in [0.15, 0.2) is 93.1 Å². The van der Waals surface area contributed by atoms with Gasteiger partial charge in [0.15, 0.2) is 0 Å². The zero-order valence-electron chi connectivity index (χ0n) is 15.6. The maximum atomic E-state index is 13.7. The molecule has 0 unspecified atom stereocenters. The lowest BCUT2D eigenvalue weighted by Crippen LogP contribution is -2.32. The van der Waals surface area contributed by atoms with Crippen molar-refractivity contribution in [3.8, 4) is 21.0 Å². The van der Waals surface area contributed by atoms with E-state index in [1.165, 1.54) is 4.52 Å². The highest BCUT2D eigenvalue weighted by Gasteiger charge is 2.22. The molecule has 0 aliphatic rings. The Kier molecular flexibility index (Phi) is 3.78. The van der Waals surface area contributed by atoms with Crippen LogP contribution in [0.3, 0.4) is 0 Å². The van der Waals surface area contributed by atoms with Gasteiger partial charge in [0.05, 0.1) is 26.9 Å². The second-order valence-electron chi connectivity index (χ2n) is 6.97. The van der Waals surface area contributed by atoms with E-state index >= 15 is 0 Å². The molecule has 0 saturated heterocycles. The van der Waals surface area contributed by atoms with Crippen LogP contribution in [0.25, 0.3) is 42.7 Å². The minimum atomic E-state index is -0.197. The lowest BCUT2D eigenvalue weighted by atomic mass is 10.0. The highest BCUT2D eigenvalue weighted by atomic mass is 32.1. The van der Waals surface area contributed by atoms with Crippen molar-refractivity contribution in [1.29, 1.82) is 0 Å². The molecule has 0 saturated carbocycles. The molecule has 144 valence electrons. The van der Waals surface area contributed by atoms with Crippen LogP contribution in [0.1, 0.15) is 0 Å². The highest BCUT2D eigenvalue weighted by molar-refractivity contribution is 7.14. The number of hydrogen-bond donors (Lipinski definition) is 0. The van der Waals surface area contributed by atoms with E-state index in [4.69, 9.17) is 0 Å². The van der Waals surface area contributed by atoms with Gasteiger partial charge in [-0.1, -0.05) is 42.5 Å². The van der Waals surface area contributed by atoms with Gasteiger partial charge in [0.2, 0.25) is 0 Å². The SMILES string of the molecule is O=c1c2ccccc2c(=O)n2c3ccccc3c(-c3cccs3)c(-c3cccs3)n12. The largest absolute Gasteiger partial charge is 0.278 e. The summed E-state index contributed by atoms with van der Waals surface area (Å²) in [6, 6.07) is 22.9. The van der Waals surface area contributed by atoms with Crippen molar-refractivity contribution >= 4 is 44.3 Å². The molecule has 0 fully saturated rings. The van der Waals surface area contributed by atoms with Gasteiger partial charge in [0.25, 0.3) is 11.1 Å². The van der Waals surface area contributed by atoms with E-state index in [1.807, 2.05) is 53.2 Å². The van der Waals surface area contributed by atoms with Gasteiger partial charge < -0.3 is 0 Å². The first-order valence-corrected chi connectivity index (χ1v) is 11.2. The lowest BCUT2D eigenvalue weighted by Gasteiger charge is -2.18. The van der Waals surface area contributed by atoms with Crippen molar-refractivity contribution in [2.45, 2.75) is 0 Å². The van der Waals surface area contributed by atoms with Crippen molar-refractivity contribution in [2.75, 3.05) is 0 Å². The summed E-state index contributed by atoms with van der Waals surface area (Å²) in [5.41, 5.74) is 2.04. The molecule has 0 N–H and O–H groups in total. The van der Waals surface area contributed by atoms with Crippen molar-refractivity contribution in [2.24, 2.45) is 0 Å². The molecular formula is C24H14N2O2S2. The standard InChI is InChI=1S/C24H14N2O2S2/c27-23-15-7-1-2-8-16(15)24(28)26-22(20-12-6-14-30-20)21(19-11-5-13-29-19)17-9-3-4-10-18(17)25(23)26/h1-14H. The van der Waals surface area contributed by atoms with Gasteiger partial charge in [-0.3, -0.25) is 9.59 Å². The van der Waals surface area contributed by atoms with Crippen LogP contribution in [0, 0.1) is 0 Å². The quantitative estimate of drug-likeness (QED) is 0.270. The van der Waals surface area contributed by atoms with Crippen molar-refractivity contribution in [3.05, 3.63) is 104 Å². The van der Waals surface area contributed by atoms with Crippen LogP contribution < -0.4 is 11.1 Å². The zero-order chi connectivity index (χ0) is 20.2. The number of benzene rings is 2. The van der Waals surface area contributed by atoms with Gasteiger partial charge in [-0.2, -0.15) is 0 Å². The highest BCUT2D eigenvalue weighted by Crippen LogP contribution is 2.40. The third kappa shape index (κ3) is 2.32. The van der Waals surface area contributed by atoms with E-state index < -0.39 is 0 Å². The van der Waals surface area contributed by atoms with Crippen molar-refractivity contribution in [3.63, 3.8) is 0 Å². The Bertz CT molecular complexity index is 1670. The summed E-state index contributed by atoms with van der Waals surface area (Å²) < 4.78 is 3.10. The molecule has 2 aromatic carbocycles. The first-order chi connectivity index (χ1) is 14.8. The second-order valence-corrected chi connectivity index (χ2v) is 8.87. The summed E-state index contributed by atoms with van der Waals surface area (Å²) in [5.74, 6) is 0. The van der Waals surface area contributed by atoms with E-state index in [-0.39, 0.29) is 11.1 Å². The van der Waals surface area contributed by atoms with Gasteiger partial charge in [-0.05, 0) is 41.1 Å². The molecule has 0 amide bonds. The third-order valence-electron chi connectivity index (χ3n) is 5.34. The molecule has 6 rings (SSSR count). The fraction of sp³-hybridized carbons (Fsp3) is 0. The summed E-state index contributed by atoms with van der Waals surface area (Å²) in [6.45, 7) is 0. The fourth-order valence-corrected chi connectivity index (χ4v) is 5.65. The number of para-hydroxylation sites is 1. The topological polar surface area (TPSA) is 43.0 Å². The van der Waals surface area contributed by atoms with Crippen molar-refractivity contribution in [1.82, 2.24) is 9.03 Å². The summed E-state index contributed by atoms with van der Waals surface area (Å²) in [6.07, 6.45) is 0. The Morgan fingerprint density at radius 2 is 1.13 bits per heavy atom. The van der Waals surface area contributed by atoms with Crippen LogP contribution >= 0.6 is 22.7 Å². The van der Waals surface area contributed by atoms with Crippen LogP contribution in [0.2, 0.25) is 0 Å². The summed E-state index contributed by atoms with van der Waals surface area (Å²) in [5, 5.41) is 5.82. The lowest BCUT2D eigenvalue weighted by molar-refractivity contribution is 0.781. The van der Waals surface area contributed by atoms with Gasteiger partial charge in [-0.15, -0.1) is 22.7 Å². The van der Waals surface area contributed by atoms with E-state index in [9.17, 15) is 9.59 Å². The number of fused-ring (bicyclic) bond motifs is 4. The Morgan fingerprint density at radius 3 is 1.77 bits per heavy atom. The van der Waals surface area contributed by atoms with Crippen LogP contribution in [-0.4, -0.2) is 9.03 Å². The number of rotatable bonds is 2. The van der Waals surface area contributed by atoms with Gasteiger partial charge >= 0.3 is 0 Å². The van der Waals surface area contributed by atoms with E-state index in [1.54, 1.807) is 51.5 Å². The molecule has 0 aliphatic heterocycles. The Labute approximate surface area is 178 Å². The van der Waals surface area contributed by atoms with E-state index in [0.717, 1.165) is 26.4 Å². The van der Waals surface area contributed by atoms with Gasteiger partial charge in [-0.25, -0.2) is 9.03 Å². The average Bonchev–Trinajstić information content (AvgIpc) is 3.50. The number of aromatic nitrogens is 2. The predicted molar refractivity (Wildman–Crippen MR) is 125 cm³/mol. The monoisotopic (exact) mass is 426 g/mol. The van der Waals surface area contributed by atoms with Crippen LogP contribution in [-0.2, 0) is 0 Å². The molecule has 4 heterocycles. The minimum absolute atomic E-state index is 0.197. The molecule has 4 aromatic heterocycles. The zero-order valence-corrected chi connectivity index (χ0v) is 17.2. The summed E-state index contributed by atoms with van der Waals surface area (Å²) >= 11 is 3.19. The Balaban J connectivity index is 2.03. The van der Waals surface area contributed by atoms with E-state index in [2.05, 4.69) is 6.07 Å². The van der Waals surface area contributed by atoms with Crippen LogP contribution in [0.5, 0.6) is 0 Å². The molecular weight excluding hydrogens is 412 g/mol. The summed E-state index contributed by atoms with van der Waals surface area (Å²) in [4.78, 5) is 29.3. The summed E-state index contributed by atoms with van der Waals surface area (Å²) in [7, 11) is 0. The van der Waals surface area contributed by atoms with E-state index in [0.29, 0.717) is 16.3 Å². The first kappa shape index (κ1) is 17.4. The molecule has 0 atom stereocenters. The second kappa shape index (κ2) is 6.52. The molecule has 0 bridgehead atoms. The Hall–Kier alpha value is -3.48. The molecule has 6 heteroatoms. The molecule has 0 spiro atoms. The first-order valence-electron chi connectivity index (χ1n) is 9.45. The van der Waals surface area contributed by atoms with Crippen molar-refractivity contribution < 1.29 is 0 Å².